The van der Waals surface area contributed by atoms with Crippen LogP contribution in [0.15, 0.2) is 57.1 Å². The molecule has 2 aliphatic heterocycles. The van der Waals surface area contributed by atoms with E-state index < -0.39 is 0 Å². The normalized spacial score (nSPS) is 20.9. The van der Waals surface area contributed by atoms with Gasteiger partial charge in [0.25, 0.3) is 0 Å². The summed E-state index contributed by atoms with van der Waals surface area (Å²) in [6.07, 6.45) is 7.17. The van der Waals surface area contributed by atoms with Crippen LogP contribution in [0.3, 0.4) is 0 Å². The van der Waals surface area contributed by atoms with E-state index in [4.69, 9.17) is 0 Å². The molecule has 0 radical (unpaired) electrons. The van der Waals surface area contributed by atoms with Crippen LogP contribution in [0.4, 0.5) is 0 Å². The lowest BCUT2D eigenvalue weighted by Gasteiger charge is -2.11. The number of hydrogen-bond acceptors (Lipinski definition) is 2. The van der Waals surface area contributed by atoms with Crippen molar-refractivity contribution >= 4 is 44.2 Å². The minimum absolute atomic E-state index is 0.306. The second-order valence-electron chi connectivity index (χ2n) is 5.52. The molecule has 2 aliphatic rings. The van der Waals surface area contributed by atoms with E-state index >= 15 is 0 Å². The van der Waals surface area contributed by atoms with Gasteiger partial charge in [-0.3, -0.25) is 9.98 Å². The van der Waals surface area contributed by atoms with Crippen molar-refractivity contribution in [1.29, 1.82) is 0 Å². The Balaban J connectivity index is 1.70. The first kappa shape index (κ1) is 13.0. The Morgan fingerprint density at radius 3 is 2.71 bits per heavy atom. The van der Waals surface area contributed by atoms with Crippen molar-refractivity contribution in [3.63, 3.8) is 0 Å². The third-order valence-corrected chi connectivity index (χ3v) is 4.91. The van der Waals surface area contributed by atoms with Crippen molar-refractivity contribution in [3.05, 3.63) is 52.6 Å². The van der Waals surface area contributed by atoms with Gasteiger partial charge in [-0.05, 0) is 47.0 Å². The fourth-order valence-corrected chi connectivity index (χ4v) is 3.60. The minimum Gasteiger partial charge on any atom is -0.288 e. The fraction of sp³-hybridized carbons (Fsp3) is 0.222. The summed E-state index contributed by atoms with van der Waals surface area (Å²) in [4.78, 5) is 9.16. The predicted molar refractivity (Wildman–Crippen MR) is 93.2 cm³/mol. The molecule has 0 fully saturated rings. The van der Waals surface area contributed by atoms with Crippen molar-refractivity contribution in [2.45, 2.75) is 25.3 Å². The molecule has 2 aromatic rings. The van der Waals surface area contributed by atoms with Gasteiger partial charge in [0.05, 0.1) is 6.04 Å². The molecule has 0 aliphatic carbocycles. The molecule has 104 valence electrons. The lowest BCUT2D eigenvalue weighted by Crippen LogP contribution is -2.13. The van der Waals surface area contributed by atoms with Crippen molar-refractivity contribution in [2.24, 2.45) is 9.98 Å². The molecule has 21 heavy (non-hydrogen) atoms. The van der Waals surface area contributed by atoms with Crippen LogP contribution in [0.2, 0.25) is 0 Å². The van der Waals surface area contributed by atoms with Crippen molar-refractivity contribution in [1.82, 2.24) is 0 Å². The zero-order chi connectivity index (χ0) is 14.2. The summed E-state index contributed by atoms with van der Waals surface area (Å²) in [5, 5.41) is 2.53. The average Bonchev–Trinajstić information content (AvgIpc) is 3.19. The smallest absolute Gasteiger partial charge is 0.0883 e. The molecular formula is C18H15BrN2. The highest BCUT2D eigenvalue weighted by Gasteiger charge is 2.22. The van der Waals surface area contributed by atoms with Crippen LogP contribution < -0.4 is 0 Å². The van der Waals surface area contributed by atoms with Crippen molar-refractivity contribution in [2.75, 3.05) is 0 Å². The van der Waals surface area contributed by atoms with Gasteiger partial charge in [-0.1, -0.05) is 46.3 Å². The van der Waals surface area contributed by atoms with Gasteiger partial charge in [-0.2, -0.15) is 0 Å². The van der Waals surface area contributed by atoms with E-state index in [0.717, 1.165) is 23.7 Å². The highest BCUT2D eigenvalue weighted by molar-refractivity contribution is 9.10. The van der Waals surface area contributed by atoms with Crippen LogP contribution >= 0.6 is 15.9 Å². The van der Waals surface area contributed by atoms with Crippen LogP contribution in [0.1, 0.15) is 24.8 Å². The van der Waals surface area contributed by atoms with Gasteiger partial charge in [0, 0.05) is 22.8 Å². The molecule has 2 heterocycles. The number of halogens is 1. The number of fused-ring (bicyclic) bond motifs is 1. The molecule has 0 unspecified atom stereocenters. The predicted octanol–water partition coefficient (Wildman–Crippen LogP) is 5.02. The fourth-order valence-electron chi connectivity index (χ4n) is 3.12. The van der Waals surface area contributed by atoms with E-state index in [1.54, 1.807) is 0 Å². The van der Waals surface area contributed by atoms with Gasteiger partial charge in [0.15, 0.2) is 0 Å². The number of rotatable bonds is 2. The highest BCUT2D eigenvalue weighted by Crippen LogP contribution is 2.34. The van der Waals surface area contributed by atoms with E-state index in [1.807, 2.05) is 12.4 Å². The molecule has 0 amide bonds. The quantitative estimate of drug-likeness (QED) is 0.734. The summed E-state index contributed by atoms with van der Waals surface area (Å²) >= 11 is 3.64. The Kier molecular flexibility index (Phi) is 3.23. The number of benzene rings is 2. The van der Waals surface area contributed by atoms with Gasteiger partial charge in [-0.15, -0.1) is 0 Å². The minimum atomic E-state index is 0.306. The summed E-state index contributed by atoms with van der Waals surface area (Å²) in [5.74, 6) is 0. The maximum absolute atomic E-state index is 4.63. The number of allylic oxidation sites excluding steroid dienone is 1. The van der Waals surface area contributed by atoms with E-state index in [-0.39, 0.29) is 0 Å². The molecule has 3 heteroatoms. The third kappa shape index (κ3) is 2.26. The molecule has 0 saturated carbocycles. The average molecular weight is 339 g/mol. The molecule has 0 bridgehead atoms. The molecule has 2 aromatic carbocycles. The number of aliphatic imine (C=N–C) groups is 2. The largest absolute Gasteiger partial charge is 0.288 e. The molecule has 0 spiro atoms. The Morgan fingerprint density at radius 2 is 1.90 bits per heavy atom. The van der Waals surface area contributed by atoms with Crippen LogP contribution in [0.25, 0.3) is 16.3 Å². The van der Waals surface area contributed by atoms with E-state index in [1.165, 1.54) is 27.6 Å². The second-order valence-corrected chi connectivity index (χ2v) is 6.37. The monoisotopic (exact) mass is 338 g/mol. The Hall–Kier alpha value is -1.74. The Morgan fingerprint density at radius 1 is 1.05 bits per heavy atom. The molecule has 2 nitrogen and oxygen atoms in total. The zero-order valence-corrected chi connectivity index (χ0v) is 13.2. The Bertz CT molecular complexity index is 802. The third-order valence-electron chi connectivity index (χ3n) is 4.21. The van der Waals surface area contributed by atoms with Gasteiger partial charge in [0.1, 0.15) is 0 Å². The number of hydrogen-bond donors (Lipinski definition) is 0. The first-order valence-corrected chi connectivity index (χ1v) is 8.07. The molecule has 4 rings (SSSR count). The van der Waals surface area contributed by atoms with E-state index in [2.05, 4.69) is 62.3 Å². The molecule has 1 atom stereocenters. The lowest BCUT2D eigenvalue weighted by molar-refractivity contribution is 0.837. The molecule has 0 saturated heterocycles. The van der Waals surface area contributed by atoms with Crippen molar-refractivity contribution < 1.29 is 0 Å². The summed E-state index contributed by atoms with van der Waals surface area (Å²) in [6, 6.07) is 13.1. The van der Waals surface area contributed by atoms with Crippen LogP contribution in [0, 0.1) is 0 Å². The first-order chi connectivity index (χ1) is 10.3. The highest BCUT2D eigenvalue weighted by atomic mass is 79.9. The van der Waals surface area contributed by atoms with Gasteiger partial charge >= 0.3 is 0 Å². The molecule has 0 aromatic heterocycles. The zero-order valence-electron chi connectivity index (χ0n) is 11.6. The van der Waals surface area contributed by atoms with Crippen LogP contribution in [0.5, 0.6) is 0 Å². The van der Waals surface area contributed by atoms with E-state index in [0.29, 0.717) is 6.04 Å². The summed E-state index contributed by atoms with van der Waals surface area (Å²) in [6.45, 7) is 0. The van der Waals surface area contributed by atoms with Gasteiger partial charge in [0.2, 0.25) is 0 Å². The first-order valence-electron chi connectivity index (χ1n) is 7.28. The van der Waals surface area contributed by atoms with Crippen LogP contribution in [-0.2, 0) is 0 Å². The Labute approximate surface area is 132 Å². The van der Waals surface area contributed by atoms with Crippen molar-refractivity contribution in [3.8, 4) is 0 Å². The van der Waals surface area contributed by atoms with Crippen LogP contribution in [-0.4, -0.2) is 18.0 Å². The van der Waals surface area contributed by atoms with Gasteiger partial charge < -0.3 is 0 Å². The summed E-state index contributed by atoms with van der Waals surface area (Å²) in [5.41, 5.74) is 3.80. The van der Waals surface area contributed by atoms with Gasteiger partial charge in [-0.25, -0.2) is 0 Å². The maximum atomic E-state index is 4.63. The topological polar surface area (TPSA) is 24.7 Å². The molecule has 0 N–H and O–H groups in total. The standard InChI is InChI=1S/C18H15BrN2/c19-16-8-7-13(14-4-1-2-5-15(14)16)12-10-18(21-11-12)17-6-3-9-20-17/h1-2,4-5,7-9,11,17H,3,6,10H2/t17-/m0/s1. The number of nitrogens with zero attached hydrogens (tertiary/aromatic N) is 2. The molecular weight excluding hydrogens is 324 g/mol. The van der Waals surface area contributed by atoms with E-state index in [9.17, 15) is 0 Å². The maximum Gasteiger partial charge on any atom is 0.0883 e. The summed E-state index contributed by atoms with van der Waals surface area (Å²) < 4.78 is 1.14. The SMILES string of the molecule is Brc1ccc(C2=CN=C([C@@H]3CCC=N3)C2)c2ccccc12. The summed E-state index contributed by atoms with van der Waals surface area (Å²) in [7, 11) is 0. The second kappa shape index (κ2) is 5.23. The lowest BCUT2D eigenvalue weighted by atomic mass is 9.95.